The summed E-state index contributed by atoms with van der Waals surface area (Å²) >= 11 is 0. The standard InChI is InChI=1S/C18H31N5O/c1-22(8-6-11-23-9-4-2-3-5-10-23)17-13-16(20-18(19)21-17)15-7-12-24-14-15/h13,15H,2-12,14H2,1H3,(H2,19,20,21)/t15-/m1/s1. The minimum atomic E-state index is 0.361. The van der Waals surface area contributed by atoms with Crippen molar-refractivity contribution in [2.75, 3.05) is 57.1 Å². The third-order valence-corrected chi connectivity index (χ3v) is 5.16. The maximum atomic E-state index is 5.93. The SMILES string of the molecule is CN(CCCN1CCCCCC1)c1cc([C@@H]2CCOC2)nc(N)n1. The van der Waals surface area contributed by atoms with E-state index in [-0.39, 0.29) is 0 Å². The topological polar surface area (TPSA) is 67.5 Å². The molecule has 2 N–H and O–H groups in total. The van der Waals surface area contributed by atoms with E-state index in [1.54, 1.807) is 0 Å². The summed E-state index contributed by atoms with van der Waals surface area (Å²) in [4.78, 5) is 13.6. The number of nitrogens with two attached hydrogens (primary N) is 1. The van der Waals surface area contributed by atoms with E-state index in [0.717, 1.165) is 44.1 Å². The minimum absolute atomic E-state index is 0.361. The molecule has 1 atom stereocenters. The fourth-order valence-electron chi connectivity index (χ4n) is 3.65. The second-order valence-electron chi connectivity index (χ2n) is 7.10. The van der Waals surface area contributed by atoms with Crippen LogP contribution < -0.4 is 10.6 Å². The molecule has 0 aromatic carbocycles. The number of ether oxygens (including phenoxy) is 1. The van der Waals surface area contributed by atoms with E-state index in [2.05, 4.69) is 32.9 Å². The summed E-state index contributed by atoms with van der Waals surface area (Å²) < 4.78 is 5.47. The number of likely N-dealkylation sites (tertiary alicyclic amines) is 1. The van der Waals surface area contributed by atoms with Crippen LogP contribution in [-0.4, -0.2) is 61.3 Å². The summed E-state index contributed by atoms with van der Waals surface area (Å²) in [5.74, 6) is 1.66. The van der Waals surface area contributed by atoms with Gasteiger partial charge < -0.3 is 20.3 Å². The Morgan fingerprint density at radius 1 is 1.25 bits per heavy atom. The van der Waals surface area contributed by atoms with Gasteiger partial charge in [0.15, 0.2) is 0 Å². The summed E-state index contributed by atoms with van der Waals surface area (Å²) in [7, 11) is 2.10. The second kappa shape index (κ2) is 8.62. The molecule has 2 fully saturated rings. The minimum Gasteiger partial charge on any atom is -0.381 e. The Bertz CT molecular complexity index is 510. The highest BCUT2D eigenvalue weighted by Crippen LogP contribution is 2.26. The zero-order chi connectivity index (χ0) is 16.8. The van der Waals surface area contributed by atoms with E-state index < -0.39 is 0 Å². The van der Waals surface area contributed by atoms with Crippen molar-refractivity contribution in [3.63, 3.8) is 0 Å². The molecule has 0 aliphatic carbocycles. The first-order valence-electron chi connectivity index (χ1n) is 9.38. The molecule has 2 aliphatic rings. The zero-order valence-corrected chi connectivity index (χ0v) is 14.9. The van der Waals surface area contributed by atoms with Crippen LogP contribution in [0.3, 0.4) is 0 Å². The molecule has 2 saturated heterocycles. The van der Waals surface area contributed by atoms with Crippen molar-refractivity contribution in [2.24, 2.45) is 0 Å². The fraction of sp³-hybridized carbons (Fsp3) is 0.778. The van der Waals surface area contributed by atoms with Crippen LogP contribution in [0.25, 0.3) is 0 Å². The molecule has 0 radical (unpaired) electrons. The van der Waals surface area contributed by atoms with Crippen LogP contribution in [0.2, 0.25) is 0 Å². The Balaban J connectivity index is 1.53. The van der Waals surface area contributed by atoms with Crippen LogP contribution in [0.1, 0.15) is 50.1 Å². The molecule has 1 aromatic heterocycles. The lowest BCUT2D eigenvalue weighted by molar-refractivity contribution is 0.193. The average molecular weight is 333 g/mol. The van der Waals surface area contributed by atoms with Crippen molar-refractivity contribution < 1.29 is 4.74 Å². The van der Waals surface area contributed by atoms with Crippen LogP contribution in [0.15, 0.2) is 6.07 Å². The van der Waals surface area contributed by atoms with Crippen LogP contribution in [0.4, 0.5) is 11.8 Å². The predicted molar refractivity (Wildman–Crippen MR) is 97.4 cm³/mol. The lowest BCUT2D eigenvalue weighted by atomic mass is 10.0. The molecule has 134 valence electrons. The molecule has 6 nitrogen and oxygen atoms in total. The maximum Gasteiger partial charge on any atom is 0.222 e. The van der Waals surface area contributed by atoms with Crippen LogP contribution >= 0.6 is 0 Å². The normalized spacial score (nSPS) is 22.5. The van der Waals surface area contributed by atoms with Gasteiger partial charge in [0.25, 0.3) is 0 Å². The Kier molecular flexibility index (Phi) is 6.26. The van der Waals surface area contributed by atoms with Crippen LogP contribution in [0, 0.1) is 0 Å². The number of hydrogen-bond acceptors (Lipinski definition) is 6. The highest BCUT2D eigenvalue weighted by atomic mass is 16.5. The third kappa shape index (κ3) is 4.80. The number of anilines is 2. The van der Waals surface area contributed by atoms with E-state index in [1.807, 2.05) is 0 Å². The fourth-order valence-corrected chi connectivity index (χ4v) is 3.65. The first kappa shape index (κ1) is 17.4. The zero-order valence-electron chi connectivity index (χ0n) is 14.9. The van der Waals surface area contributed by atoms with E-state index in [4.69, 9.17) is 10.5 Å². The largest absolute Gasteiger partial charge is 0.381 e. The average Bonchev–Trinajstić information content (AvgIpc) is 2.99. The molecule has 0 unspecified atom stereocenters. The van der Waals surface area contributed by atoms with Crippen molar-refractivity contribution in [2.45, 2.75) is 44.4 Å². The highest BCUT2D eigenvalue weighted by molar-refractivity contribution is 5.43. The second-order valence-corrected chi connectivity index (χ2v) is 7.10. The monoisotopic (exact) mass is 333 g/mol. The molecule has 6 heteroatoms. The highest BCUT2D eigenvalue weighted by Gasteiger charge is 2.21. The summed E-state index contributed by atoms with van der Waals surface area (Å²) in [5, 5.41) is 0. The van der Waals surface area contributed by atoms with Gasteiger partial charge in [-0.25, -0.2) is 4.98 Å². The van der Waals surface area contributed by atoms with Gasteiger partial charge in [-0.3, -0.25) is 0 Å². The summed E-state index contributed by atoms with van der Waals surface area (Å²) in [6.45, 7) is 6.25. The Morgan fingerprint density at radius 2 is 2.04 bits per heavy atom. The Morgan fingerprint density at radius 3 is 2.75 bits per heavy atom. The molecule has 3 rings (SSSR count). The summed E-state index contributed by atoms with van der Waals surface area (Å²) in [6.07, 6.45) is 7.67. The van der Waals surface area contributed by atoms with Crippen LogP contribution in [-0.2, 0) is 4.74 Å². The smallest absolute Gasteiger partial charge is 0.222 e. The summed E-state index contributed by atoms with van der Waals surface area (Å²) in [5.41, 5.74) is 6.95. The van der Waals surface area contributed by atoms with Gasteiger partial charge in [0, 0.05) is 32.2 Å². The molecule has 2 aliphatic heterocycles. The lowest BCUT2D eigenvalue weighted by Crippen LogP contribution is -2.29. The van der Waals surface area contributed by atoms with E-state index in [1.165, 1.54) is 45.3 Å². The number of aromatic nitrogens is 2. The molecule has 0 bridgehead atoms. The predicted octanol–water partition coefficient (Wildman–Crippen LogP) is 2.26. The molecule has 1 aromatic rings. The van der Waals surface area contributed by atoms with Gasteiger partial charge in [0.2, 0.25) is 5.95 Å². The number of hydrogen-bond donors (Lipinski definition) is 1. The number of nitrogen functional groups attached to an aromatic ring is 1. The quantitative estimate of drug-likeness (QED) is 0.861. The van der Waals surface area contributed by atoms with Crippen molar-refractivity contribution in [3.8, 4) is 0 Å². The molecule has 0 spiro atoms. The molecular formula is C18H31N5O. The molecule has 3 heterocycles. The van der Waals surface area contributed by atoms with Crippen molar-refractivity contribution in [3.05, 3.63) is 11.8 Å². The van der Waals surface area contributed by atoms with E-state index >= 15 is 0 Å². The van der Waals surface area contributed by atoms with Gasteiger partial charge >= 0.3 is 0 Å². The molecule has 0 amide bonds. The van der Waals surface area contributed by atoms with Gasteiger partial charge in [0.1, 0.15) is 5.82 Å². The third-order valence-electron chi connectivity index (χ3n) is 5.16. The first-order chi connectivity index (χ1) is 11.7. The Labute approximate surface area is 145 Å². The van der Waals surface area contributed by atoms with Gasteiger partial charge in [-0.2, -0.15) is 4.98 Å². The van der Waals surface area contributed by atoms with Crippen molar-refractivity contribution >= 4 is 11.8 Å². The first-order valence-corrected chi connectivity index (χ1v) is 9.38. The van der Waals surface area contributed by atoms with Crippen molar-refractivity contribution in [1.29, 1.82) is 0 Å². The van der Waals surface area contributed by atoms with Gasteiger partial charge in [0.05, 0.1) is 12.3 Å². The van der Waals surface area contributed by atoms with Crippen LogP contribution in [0.5, 0.6) is 0 Å². The maximum absolute atomic E-state index is 5.93. The molecule has 24 heavy (non-hydrogen) atoms. The van der Waals surface area contributed by atoms with E-state index in [0.29, 0.717) is 11.9 Å². The number of nitrogens with zero attached hydrogens (tertiary/aromatic N) is 4. The molecule has 0 saturated carbocycles. The molecular weight excluding hydrogens is 302 g/mol. The van der Waals surface area contributed by atoms with Gasteiger partial charge in [-0.1, -0.05) is 12.8 Å². The van der Waals surface area contributed by atoms with E-state index in [9.17, 15) is 0 Å². The van der Waals surface area contributed by atoms with Gasteiger partial charge in [-0.05, 0) is 45.3 Å². The number of rotatable bonds is 6. The van der Waals surface area contributed by atoms with Gasteiger partial charge in [-0.15, -0.1) is 0 Å². The summed E-state index contributed by atoms with van der Waals surface area (Å²) in [6, 6.07) is 2.08. The van der Waals surface area contributed by atoms with Crippen molar-refractivity contribution in [1.82, 2.24) is 14.9 Å². The lowest BCUT2D eigenvalue weighted by Gasteiger charge is -2.23. The Hall–Kier alpha value is -1.40.